The minimum atomic E-state index is -0.477. The van der Waals surface area contributed by atoms with Crippen molar-refractivity contribution in [1.29, 1.82) is 0 Å². The Bertz CT molecular complexity index is 104. The van der Waals surface area contributed by atoms with Crippen LogP contribution in [0.25, 0.3) is 0 Å². The van der Waals surface area contributed by atoms with Gasteiger partial charge in [0.1, 0.15) is 0 Å². The van der Waals surface area contributed by atoms with Crippen molar-refractivity contribution in [2.75, 3.05) is 0 Å². The van der Waals surface area contributed by atoms with Crippen LogP contribution < -0.4 is 0 Å². The summed E-state index contributed by atoms with van der Waals surface area (Å²) in [6.07, 6.45) is 1.00. The molecule has 3 nitrogen and oxygen atoms in total. The van der Waals surface area contributed by atoms with Crippen molar-refractivity contribution < 1.29 is 15.3 Å². The van der Waals surface area contributed by atoms with E-state index in [9.17, 15) is 10.2 Å². The van der Waals surface area contributed by atoms with E-state index in [1.807, 2.05) is 6.92 Å². The molecule has 3 N–H and O–H groups in total. The van der Waals surface area contributed by atoms with Gasteiger partial charge in [-0.05, 0) is 32.6 Å². The average Bonchev–Trinajstić information content (AvgIpc) is 2.00. The third-order valence-electron chi connectivity index (χ3n) is 1.93. The first-order chi connectivity index (χ1) is 5.56. The highest BCUT2D eigenvalue weighted by atomic mass is 16.3. The van der Waals surface area contributed by atoms with E-state index in [4.69, 9.17) is 5.11 Å². The third-order valence-corrected chi connectivity index (χ3v) is 1.93. The van der Waals surface area contributed by atoms with Gasteiger partial charge in [0.05, 0.1) is 18.3 Å². The van der Waals surface area contributed by atoms with Gasteiger partial charge in [-0.3, -0.25) is 0 Å². The summed E-state index contributed by atoms with van der Waals surface area (Å²) in [5.41, 5.74) is 0. The normalized spacial score (nSPS) is 18.8. The van der Waals surface area contributed by atoms with Crippen molar-refractivity contribution in [3.05, 3.63) is 0 Å². The molecular formula is C9H20O3. The van der Waals surface area contributed by atoms with Gasteiger partial charge in [-0.25, -0.2) is 0 Å². The Balaban J connectivity index is 3.39. The van der Waals surface area contributed by atoms with Crippen LogP contribution in [0.3, 0.4) is 0 Å². The van der Waals surface area contributed by atoms with Crippen LogP contribution >= 0.6 is 0 Å². The second kappa shape index (κ2) is 6.40. The van der Waals surface area contributed by atoms with Crippen LogP contribution in [0.5, 0.6) is 0 Å². The molecule has 0 spiro atoms. The summed E-state index contributed by atoms with van der Waals surface area (Å²) < 4.78 is 0. The van der Waals surface area contributed by atoms with Gasteiger partial charge in [0, 0.05) is 0 Å². The fourth-order valence-electron chi connectivity index (χ4n) is 1.03. The van der Waals surface area contributed by atoms with Gasteiger partial charge in [0.2, 0.25) is 0 Å². The van der Waals surface area contributed by atoms with E-state index in [0.29, 0.717) is 25.7 Å². The first-order valence-electron chi connectivity index (χ1n) is 4.60. The predicted molar refractivity (Wildman–Crippen MR) is 47.8 cm³/mol. The molecule has 3 heteroatoms. The predicted octanol–water partition coefficient (Wildman–Crippen LogP) is 0.669. The zero-order chi connectivity index (χ0) is 9.56. The highest BCUT2D eigenvalue weighted by Gasteiger charge is 2.10. The fraction of sp³-hybridized carbons (Fsp3) is 1.00. The lowest BCUT2D eigenvalue weighted by Crippen LogP contribution is -2.18. The Hall–Kier alpha value is -0.120. The zero-order valence-corrected chi connectivity index (χ0v) is 7.90. The molecule has 0 aromatic heterocycles. The smallest absolute Gasteiger partial charge is 0.0565 e. The SMILES string of the molecule is CCC(O)CC(O)CCC(C)O. The van der Waals surface area contributed by atoms with Gasteiger partial charge in [-0.1, -0.05) is 6.92 Å². The first-order valence-corrected chi connectivity index (χ1v) is 4.60. The lowest BCUT2D eigenvalue weighted by Gasteiger charge is -2.14. The Kier molecular flexibility index (Phi) is 6.34. The van der Waals surface area contributed by atoms with Crippen molar-refractivity contribution in [2.24, 2.45) is 0 Å². The molecule has 0 heterocycles. The Morgan fingerprint density at radius 3 is 2.00 bits per heavy atom. The summed E-state index contributed by atoms with van der Waals surface area (Å²) in [6, 6.07) is 0. The average molecular weight is 176 g/mol. The summed E-state index contributed by atoms with van der Waals surface area (Å²) >= 11 is 0. The van der Waals surface area contributed by atoms with Crippen LogP contribution in [-0.2, 0) is 0 Å². The molecule has 0 aliphatic rings. The maximum absolute atomic E-state index is 9.33. The molecule has 12 heavy (non-hydrogen) atoms. The van der Waals surface area contributed by atoms with E-state index >= 15 is 0 Å². The van der Waals surface area contributed by atoms with Gasteiger partial charge in [-0.2, -0.15) is 0 Å². The molecule has 0 radical (unpaired) electrons. The second-order valence-corrected chi connectivity index (χ2v) is 3.38. The molecule has 0 aromatic carbocycles. The number of hydrogen-bond donors (Lipinski definition) is 3. The maximum Gasteiger partial charge on any atom is 0.0565 e. The molecule has 0 aromatic rings. The lowest BCUT2D eigenvalue weighted by molar-refractivity contribution is 0.0623. The van der Waals surface area contributed by atoms with Gasteiger partial charge < -0.3 is 15.3 Å². The minimum Gasteiger partial charge on any atom is -0.393 e. The van der Waals surface area contributed by atoms with Crippen LogP contribution in [-0.4, -0.2) is 33.6 Å². The van der Waals surface area contributed by atoms with E-state index in [-0.39, 0.29) is 6.10 Å². The molecule has 3 unspecified atom stereocenters. The summed E-state index contributed by atoms with van der Waals surface area (Å²) in [6.45, 7) is 3.58. The van der Waals surface area contributed by atoms with Gasteiger partial charge in [-0.15, -0.1) is 0 Å². The highest BCUT2D eigenvalue weighted by molar-refractivity contribution is 4.63. The molecular weight excluding hydrogens is 156 g/mol. The molecule has 0 saturated heterocycles. The first kappa shape index (κ1) is 11.9. The summed E-state index contributed by atoms with van der Waals surface area (Å²) in [4.78, 5) is 0. The van der Waals surface area contributed by atoms with Gasteiger partial charge >= 0.3 is 0 Å². The van der Waals surface area contributed by atoms with Crippen molar-refractivity contribution >= 4 is 0 Å². The molecule has 0 saturated carbocycles. The molecule has 74 valence electrons. The third kappa shape index (κ3) is 6.58. The number of aliphatic hydroxyl groups excluding tert-OH is 3. The van der Waals surface area contributed by atoms with Crippen molar-refractivity contribution in [3.63, 3.8) is 0 Å². The van der Waals surface area contributed by atoms with E-state index in [1.54, 1.807) is 6.92 Å². The molecule has 0 aliphatic heterocycles. The molecule has 3 atom stereocenters. The molecule has 0 aliphatic carbocycles. The van der Waals surface area contributed by atoms with Crippen LogP contribution in [0.4, 0.5) is 0 Å². The zero-order valence-electron chi connectivity index (χ0n) is 7.90. The molecule has 0 amide bonds. The van der Waals surface area contributed by atoms with Crippen LogP contribution in [0.15, 0.2) is 0 Å². The van der Waals surface area contributed by atoms with Gasteiger partial charge in [0.15, 0.2) is 0 Å². The molecule has 0 fully saturated rings. The van der Waals surface area contributed by atoms with E-state index in [2.05, 4.69) is 0 Å². The summed E-state index contributed by atoms with van der Waals surface area (Å²) in [5.74, 6) is 0. The largest absolute Gasteiger partial charge is 0.393 e. The Labute approximate surface area is 74.0 Å². The van der Waals surface area contributed by atoms with Crippen LogP contribution in [0.2, 0.25) is 0 Å². The number of hydrogen-bond acceptors (Lipinski definition) is 3. The lowest BCUT2D eigenvalue weighted by atomic mass is 10.0. The summed E-state index contributed by atoms with van der Waals surface area (Å²) in [7, 11) is 0. The van der Waals surface area contributed by atoms with Crippen molar-refractivity contribution in [3.8, 4) is 0 Å². The van der Waals surface area contributed by atoms with Gasteiger partial charge in [0.25, 0.3) is 0 Å². The fourth-order valence-corrected chi connectivity index (χ4v) is 1.03. The number of aliphatic hydroxyl groups is 3. The minimum absolute atomic E-state index is 0.363. The Morgan fingerprint density at radius 2 is 1.58 bits per heavy atom. The van der Waals surface area contributed by atoms with E-state index in [0.717, 1.165) is 0 Å². The van der Waals surface area contributed by atoms with Crippen molar-refractivity contribution in [1.82, 2.24) is 0 Å². The van der Waals surface area contributed by atoms with E-state index < -0.39 is 12.2 Å². The molecule has 0 bridgehead atoms. The van der Waals surface area contributed by atoms with Crippen molar-refractivity contribution in [2.45, 2.75) is 57.8 Å². The monoisotopic (exact) mass is 176 g/mol. The maximum atomic E-state index is 9.33. The second-order valence-electron chi connectivity index (χ2n) is 3.38. The van der Waals surface area contributed by atoms with E-state index in [1.165, 1.54) is 0 Å². The number of rotatable bonds is 6. The topological polar surface area (TPSA) is 60.7 Å². The Morgan fingerprint density at radius 1 is 1.00 bits per heavy atom. The quantitative estimate of drug-likeness (QED) is 0.557. The van der Waals surface area contributed by atoms with Crippen LogP contribution in [0.1, 0.15) is 39.5 Å². The highest BCUT2D eigenvalue weighted by Crippen LogP contribution is 2.08. The molecule has 0 rings (SSSR count). The van der Waals surface area contributed by atoms with Crippen LogP contribution in [0, 0.1) is 0 Å². The standard InChI is InChI=1S/C9H20O3/c1-3-8(11)6-9(12)5-4-7(2)10/h7-12H,3-6H2,1-2H3. The summed E-state index contributed by atoms with van der Waals surface area (Å²) in [5, 5.41) is 27.4.